The van der Waals surface area contributed by atoms with Crippen molar-refractivity contribution in [3.63, 3.8) is 0 Å². The summed E-state index contributed by atoms with van der Waals surface area (Å²) in [5.41, 5.74) is 0. The molecule has 0 fully saturated rings. The summed E-state index contributed by atoms with van der Waals surface area (Å²) in [4.78, 5) is 0. The van der Waals surface area contributed by atoms with Crippen molar-refractivity contribution in [2.45, 2.75) is 39.7 Å². The summed E-state index contributed by atoms with van der Waals surface area (Å²) >= 11 is 0. The fourth-order valence-corrected chi connectivity index (χ4v) is 0.866. The van der Waals surface area contributed by atoms with Gasteiger partial charge < -0.3 is 5.48 Å². The van der Waals surface area contributed by atoms with Gasteiger partial charge in [0.15, 0.2) is 0 Å². The normalized spacial score (nSPS) is 7.00. The van der Waals surface area contributed by atoms with E-state index in [0.717, 1.165) is 6.71 Å². The van der Waals surface area contributed by atoms with E-state index < -0.39 is 0 Å². The zero-order valence-electron chi connectivity index (χ0n) is 6.20. The Morgan fingerprint density at radius 3 is 1.11 bits per heavy atom. The van der Waals surface area contributed by atoms with E-state index in [1.807, 2.05) is 0 Å². The Kier molecular flexibility index (Phi) is 20.7. The molecular formula is C6H18BLiO. The SMILES string of the molecule is CCB(CC)CC.O.[LiH]. The predicted molar refractivity (Wildman–Crippen MR) is 48.0 cm³/mol. The van der Waals surface area contributed by atoms with Gasteiger partial charge in [-0.1, -0.05) is 39.7 Å². The van der Waals surface area contributed by atoms with Gasteiger partial charge in [0.1, 0.15) is 6.71 Å². The van der Waals surface area contributed by atoms with E-state index >= 15 is 0 Å². The molecule has 0 aromatic heterocycles. The molecule has 0 unspecified atom stereocenters. The molecule has 0 heterocycles. The summed E-state index contributed by atoms with van der Waals surface area (Å²) in [5.74, 6) is 0. The van der Waals surface area contributed by atoms with Gasteiger partial charge >= 0.3 is 18.9 Å². The van der Waals surface area contributed by atoms with Crippen LogP contribution in [-0.2, 0) is 0 Å². The first-order valence-corrected chi connectivity index (χ1v) is 3.35. The second-order valence-corrected chi connectivity index (χ2v) is 2.09. The van der Waals surface area contributed by atoms with E-state index in [9.17, 15) is 0 Å². The summed E-state index contributed by atoms with van der Waals surface area (Å²) in [5, 5.41) is 0. The minimum atomic E-state index is 0. The van der Waals surface area contributed by atoms with Crippen molar-refractivity contribution in [3.05, 3.63) is 0 Å². The van der Waals surface area contributed by atoms with Gasteiger partial charge in [-0.25, -0.2) is 0 Å². The molecule has 0 aromatic carbocycles. The van der Waals surface area contributed by atoms with Gasteiger partial charge in [0.05, 0.1) is 0 Å². The van der Waals surface area contributed by atoms with Crippen molar-refractivity contribution in [1.29, 1.82) is 0 Å². The third-order valence-electron chi connectivity index (χ3n) is 1.73. The van der Waals surface area contributed by atoms with E-state index in [0.29, 0.717) is 0 Å². The average Bonchev–Trinajstić information content (AvgIpc) is 1.72. The average molecular weight is 124 g/mol. The molecular weight excluding hydrogens is 106 g/mol. The Hall–Kier alpha value is 0.622. The van der Waals surface area contributed by atoms with Crippen LogP contribution in [0.25, 0.3) is 0 Å². The van der Waals surface area contributed by atoms with Crippen molar-refractivity contribution in [3.8, 4) is 0 Å². The van der Waals surface area contributed by atoms with Crippen LogP contribution in [0.3, 0.4) is 0 Å². The van der Waals surface area contributed by atoms with Gasteiger partial charge in [-0.15, -0.1) is 0 Å². The Morgan fingerprint density at radius 2 is 1.11 bits per heavy atom. The fourth-order valence-electron chi connectivity index (χ4n) is 0.866. The molecule has 0 rings (SSSR count). The van der Waals surface area contributed by atoms with Crippen LogP contribution >= 0.6 is 0 Å². The van der Waals surface area contributed by atoms with Crippen molar-refractivity contribution in [2.24, 2.45) is 0 Å². The first-order valence-electron chi connectivity index (χ1n) is 3.35. The topological polar surface area (TPSA) is 31.5 Å². The zero-order valence-corrected chi connectivity index (χ0v) is 6.20. The van der Waals surface area contributed by atoms with Gasteiger partial charge in [-0.3, -0.25) is 0 Å². The second kappa shape index (κ2) is 11.4. The Bertz CT molecular complexity index is 34.5. The molecule has 0 aliphatic rings. The molecule has 2 N–H and O–H groups in total. The van der Waals surface area contributed by atoms with Crippen molar-refractivity contribution in [1.82, 2.24) is 0 Å². The molecule has 0 saturated carbocycles. The maximum atomic E-state index is 2.26. The summed E-state index contributed by atoms with van der Waals surface area (Å²) in [7, 11) is 0. The minimum absolute atomic E-state index is 0. The molecule has 0 bridgehead atoms. The van der Waals surface area contributed by atoms with Gasteiger partial charge in [0.2, 0.25) is 0 Å². The summed E-state index contributed by atoms with van der Waals surface area (Å²) in [6.45, 7) is 7.77. The van der Waals surface area contributed by atoms with Crippen LogP contribution in [0.2, 0.25) is 19.0 Å². The first-order chi connectivity index (χ1) is 3.35. The van der Waals surface area contributed by atoms with E-state index in [1.54, 1.807) is 0 Å². The zero-order chi connectivity index (χ0) is 5.70. The summed E-state index contributed by atoms with van der Waals surface area (Å²) in [6, 6.07) is 0. The Labute approximate surface area is 71.2 Å². The molecule has 0 radical (unpaired) electrons. The molecule has 0 aliphatic carbocycles. The molecule has 9 heavy (non-hydrogen) atoms. The Morgan fingerprint density at radius 1 is 0.889 bits per heavy atom. The Balaban J connectivity index is -0.000000180. The van der Waals surface area contributed by atoms with Crippen LogP contribution in [0.4, 0.5) is 0 Å². The predicted octanol–water partition coefficient (Wildman–Crippen LogP) is 1.07. The van der Waals surface area contributed by atoms with Crippen molar-refractivity contribution >= 4 is 25.6 Å². The molecule has 0 atom stereocenters. The summed E-state index contributed by atoms with van der Waals surface area (Å²) < 4.78 is 0. The molecule has 0 saturated heterocycles. The number of hydrogen-bond acceptors (Lipinski definition) is 0. The van der Waals surface area contributed by atoms with Crippen molar-refractivity contribution in [2.75, 3.05) is 0 Å². The van der Waals surface area contributed by atoms with Crippen molar-refractivity contribution < 1.29 is 5.48 Å². The number of hydrogen-bond donors (Lipinski definition) is 0. The quantitative estimate of drug-likeness (QED) is 0.504. The molecule has 0 amide bonds. The maximum absolute atomic E-state index is 2.26. The molecule has 0 aliphatic heterocycles. The first kappa shape index (κ1) is 16.3. The van der Waals surface area contributed by atoms with Crippen LogP contribution in [0.1, 0.15) is 20.8 Å². The van der Waals surface area contributed by atoms with E-state index in [1.165, 1.54) is 19.0 Å². The van der Waals surface area contributed by atoms with Gasteiger partial charge in [-0.2, -0.15) is 0 Å². The van der Waals surface area contributed by atoms with Gasteiger partial charge in [0, 0.05) is 0 Å². The van der Waals surface area contributed by atoms with E-state index in [4.69, 9.17) is 0 Å². The van der Waals surface area contributed by atoms with Gasteiger partial charge in [0.25, 0.3) is 0 Å². The van der Waals surface area contributed by atoms with Crippen LogP contribution in [0.15, 0.2) is 0 Å². The molecule has 0 aromatic rings. The van der Waals surface area contributed by atoms with E-state index in [-0.39, 0.29) is 24.3 Å². The summed E-state index contributed by atoms with van der Waals surface area (Å²) in [6.07, 6.45) is 4.06. The molecule has 0 spiro atoms. The molecule has 1 nitrogen and oxygen atoms in total. The molecule has 3 heteroatoms. The van der Waals surface area contributed by atoms with Gasteiger partial charge in [-0.05, 0) is 0 Å². The second-order valence-electron chi connectivity index (χ2n) is 2.09. The van der Waals surface area contributed by atoms with Crippen LogP contribution in [0, 0.1) is 0 Å². The monoisotopic (exact) mass is 124 g/mol. The number of rotatable bonds is 3. The standard InChI is InChI=1S/C6H15B.Li.H2O.H/c1-4-7(5-2)6-3;;;/h4-6H2,1-3H3;;1H2;. The van der Waals surface area contributed by atoms with Crippen LogP contribution < -0.4 is 0 Å². The third-order valence-corrected chi connectivity index (χ3v) is 1.73. The third kappa shape index (κ3) is 8.62. The van der Waals surface area contributed by atoms with Crippen LogP contribution in [0.5, 0.6) is 0 Å². The fraction of sp³-hybridized carbons (Fsp3) is 1.00. The molecule has 52 valence electrons. The van der Waals surface area contributed by atoms with E-state index in [2.05, 4.69) is 20.8 Å². The van der Waals surface area contributed by atoms with Crippen LogP contribution in [-0.4, -0.2) is 31.0 Å².